The fourth-order valence-electron chi connectivity index (χ4n) is 3.99. The molecule has 4 nitrogen and oxygen atoms in total. The van der Waals surface area contributed by atoms with Gasteiger partial charge in [0.1, 0.15) is 11.9 Å². The first kappa shape index (κ1) is 14.3. The summed E-state index contributed by atoms with van der Waals surface area (Å²) in [5, 5.41) is 11.1. The molecule has 3 aromatic carbocycles. The molecule has 2 aliphatic heterocycles. The normalized spacial score (nSPS) is 24.6. The first-order valence-electron chi connectivity index (χ1n) is 8.66. The fraction of sp³-hybridized carbons (Fsp3) is 0.190. The van der Waals surface area contributed by atoms with E-state index < -0.39 is 0 Å². The minimum Gasteiger partial charge on any atom is -0.261 e. The zero-order chi connectivity index (χ0) is 16.6. The lowest BCUT2D eigenvalue weighted by Crippen LogP contribution is -2.35. The average molecular weight is 326 g/mol. The van der Waals surface area contributed by atoms with Crippen molar-refractivity contribution in [2.45, 2.75) is 24.4 Å². The Morgan fingerprint density at radius 2 is 1.64 bits per heavy atom. The number of benzene rings is 3. The molecule has 0 saturated carbocycles. The van der Waals surface area contributed by atoms with Gasteiger partial charge in [-0.2, -0.15) is 5.11 Å². The monoisotopic (exact) mass is 326 g/mol. The molecule has 1 N–H and O–H groups in total. The van der Waals surface area contributed by atoms with Gasteiger partial charge in [0.15, 0.2) is 0 Å². The lowest BCUT2D eigenvalue weighted by Gasteiger charge is -2.30. The van der Waals surface area contributed by atoms with Crippen LogP contribution < -0.4 is 5.43 Å². The summed E-state index contributed by atoms with van der Waals surface area (Å²) in [5.74, 6) is 1.15. The number of aliphatic imine (C=N–C) groups is 1. The van der Waals surface area contributed by atoms with Gasteiger partial charge in [-0.3, -0.25) is 4.99 Å². The number of amidine groups is 1. The quantitative estimate of drug-likeness (QED) is 0.722. The predicted molar refractivity (Wildman–Crippen MR) is 99.7 cm³/mol. The summed E-state index contributed by atoms with van der Waals surface area (Å²) >= 11 is 0. The number of rotatable bonds is 2. The second-order valence-corrected chi connectivity index (χ2v) is 6.62. The highest BCUT2D eigenvalue weighted by Crippen LogP contribution is 2.42. The molecule has 3 atom stereocenters. The van der Waals surface area contributed by atoms with Gasteiger partial charge >= 0.3 is 0 Å². The summed E-state index contributed by atoms with van der Waals surface area (Å²) in [4.78, 5) is 4.89. The smallest absolute Gasteiger partial charge is 0.146 e. The molecule has 0 bridgehead atoms. The largest absolute Gasteiger partial charge is 0.261 e. The van der Waals surface area contributed by atoms with Gasteiger partial charge in [0.2, 0.25) is 0 Å². The van der Waals surface area contributed by atoms with Crippen LogP contribution in [0.4, 0.5) is 0 Å². The molecule has 0 saturated heterocycles. The van der Waals surface area contributed by atoms with Gasteiger partial charge in [0.25, 0.3) is 0 Å². The molecule has 0 fully saturated rings. The van der Waals surface area contributed by atoms with Crippen LogP contribution in [-0.4, -0.2) is 11.9 Å². The highest BCUT2D eigenvalue weighted by atomic mass is 15.5. The summed E-state index contributed by atoms with van der Waals surface area (Å²) < 4.78 is 0. The maximum Gasteiger partial charge on any atom is 0.146 e. The third-order valence-corrected chi connectivity index (χ3v) is 5.19. The lowest BCUT2D eigenvalue weighted by atomic mass is 9.80. The Labute approximate surface area is 146 Å². The SMILES string of the molecule is c1ccc([C@@H]2C[C@@H](c3cccc4ccccc34)[C@H]3N=NNC3=N2)cc1. The van der Waals surface area contributed by atoms with Crippen molar-refractivity contribution in [1.29, 1.82) is 0 Å². The molecule has 3 aromatic rings. The second-order valence-electron chi connectivity index (χ2n) is 6.62. The molecule has 0 aromatic heterocycles. The lowest BCUT2D eigenvalue weighted by molar-refractivity contribution is 0.492. The minimum absolute atomic E-state index is 0.00855. The highest BCUT2D eigenvalue weighted by molar-refractivity contribution is 5.92. The number of nitrogens with zero attached hydrogens (tertiary/aromatic N) is 3. The first-order valence-corrected chi connectivity index (χ1v) is 8.66. The van der Waals surface area contributed by atoms with E-state index in [1.165, 1.54) is 21.9 Å². The van der Waals surface area contributed by atoms with Crippen LogP contribution in [0.5, 0.6) is 0 Å². The molecule has 0 radical (unpaired) electrons. The average Bonchev–Trinajstić information content (AvgIpc) is 3.16. The molecule has 122 valence electrons. The summed E-state index contributed by atoms with van der Waals surface area (Å²) in [6.07, 6.45) is 0.937. The molecule has 5 rings (SSSR count). The second kappa shape index (κ2) is 5.81. The van der Waals surface area contributed by atoms with Crippen molar-refractivity contribution in [3.63, 3.8) is 0 Å². The van der Waals surface area contributed by atoms with Crippen LogP contribution in [0.1, 0.15) is 29.5 Å². The van der Waals surface area contributed by atoms with Gasteiger partial charge in [-0.15, -0.1) is 0 Å². The zero-order valence-electron chi connectivity index (χ0n) is 13.7. The molecule has 0 aliphatic carbocycles. The first-order chi connectivity index (χ1) is 12.4. The van der Waals surface area contributed by atoms with Crippen LogP contribution in [-0.2, 0) is 0 Å². The van der Waals surface area contributed by atoms with Crippen molar-refractivity contribution in [3.05, 3.63) is 83.9 Å². The van der Waals surface area contributed by atoms with E-state index in [0.717, 1.165) is 12.3 Å². The third-order valence-electron chi connectivity index (χ3n) is 5.19. The number of nitrogens with one attached hydrogen (secondary N) is 1. The molecular weight excluding hydrogens is 308 g/mol. The Balaban J connectivity index is 1.63. The maximum absolute atomic E-state index is 4.89. The van der Waals surface area contributed by atoms with Crippen LogP contribution in [0.2, 0.25) is 0 Å². The van der Waals surface area contributed by atoms with E-state index in [2.05, 4.69) is 82.5 Å². The van der Waals surface area contributed by atoms with Crippen LogP contribution in [0.25, 0.3) is 10.8 Å². The molecule has 2 aliphatic rings. The van der Waals surface area contributed by atoms with Crippen LogP contribution >= 0.6 is 0 Å². The number of fused-ring (bicyclic) bond motifs is 2. The van der Waals surface area contributed by atoms with Gasteiger partial charge < -0.3 is 0 Å². The third kappa shape index (κ3) is 2.41. The molecule has 0 amide bonds. The Hall–Kier alpha value is -3.01. The molecule has 0 spiro atoms. The van der Waals surface area contributed by atoms with Crippen molar-refractivity contribution in [2.24, 2.45) is 15.3 Å². The van der Waals surface area contributed by atoms with Crippen molar-refractivity contribution in [3.8, 4) is 0 Å². The van der Waals surface area contributed by atoms with Crippen molar-refractivity contribution < 1.29 is 0 Å². The van der Waals surface area contributed by atoms with Gasteiger partial charge in [-0.05, 0) is 28.3 Å². The Bertz CT molecular complexity index is 972. The van der Waals surface area contributed by atoms with E-state index in [1.54, 1.807) is 0 Å². The minimum atomic E-state index is -0.00855. The van der Waals surface area contributed by atoms with E-state index in [9.17, 15) is 0 Å². The number of hydrogen-bond acceptors (Lipinski definition) is 4. The Morgan fingerprint density at radius 3 is 2.56 bits per heavy atom. The van der Waals surface area contributed by atoms with Crippen LogP contribution in [0.15, 0.2) is 88.1 Å². The number of hydrogen-bond donors (Lipinski definition) is 1. The Kier molecular flexibility index (Phi) is 3.33. The van der Waals surface area contributed by atoms with Crippen molar-refractivity contribution >= 4 is 16.6 Å². The zero-order valence-corrected chi connectivity index (χ0v) is 13.7. The van der Waals surface area contributed by atoms with Crippen molar-refractivity contribution in [2.75, 3.05) is 0 Å². The van der Waals surface area contributed by atoms with E-state index in [4.69, 9.17) is 4.99 Å². The summed E-state index contributed by atoms with van der Waals surface area (Å²) in [7, 11) is 0. The predicted octanol–water partition coefficient (Wildman–Crippen LogP) is 4.81. The molecule has 2 heterocycles. The van der Waals surface area contributed by atoms with Gasteiger partial charge in [-0.1, -0.05) is 78.0 Å². The van der Waals surface area contributed by atoms with Crippen molar-refractivity contribution in [1.82, 2.24) is 5.43 Å². The van der Waals surface area contributed by atoms with Crippen LogP contribution in [0, 0.1) is 0 Å². The molecular formula is C21H18N4. The standard InChI is InChI=1S/C21H18N4/c1-2-8-15(9-3-1)19-13-18(20-21(22-19)24-25-23-20)17-12-6-10-14-7-4-5-11-16(14)17/h1-12,18-20H,13H2,(H,22,23,24)/t18-,19-,20+/m0/s1. The highest BCUT2D eigenvalue weighted by Gasteiger charge is 2.38. The van der Waals surface area contributed by atoms with Gasteiger partial charge in [0.05, 0.1) is 6.04 Å². The van der Waals surface area contributed by atoms with Gasteiger partial charge in [-0.25, -0.2) is 5.43 Å². The molecule has 25 heavy (non-hydrogen) atoms. The fourth-order valence-corrected chi connectivity index (χ4v) is 3.99. The van der Waals surface area contributed by atoms with E-state index >= 15 is 0 Å². The molecule has 4 heteroatoms. The van der Waals surface area contributed by atoms with Gasteiger partial charge in [0, 0.05) is 5.92 Å². The summed E-state index contributed by atoms with van der Waals surface area (Å²) in [6, 6.07) is 25.7. The van der Waals surface area contributed by atoms with Crippen LogP contribution in [0.3, 0.4) is 0 Å². The van der Waals surface area contributed by atoms with E-state index in [0.29, 0.717) is 0 Å². The Morgan fingerprint density at radius 1 is 0.840 bits per heavy atom. The topological polar surface area (TPSA) is 49.1 Å². The molecule has 0 unspecified atom stereocenters. The summed E-state index contributed by atoms with van der Waals surface area (Å²) in [6.45, 7) is 0. The summed E-state index contributed by atoms with van der Waals surface area (Å²) in [5.41, 5.74) is 5.59. The van der Waals surface area contributed by atoms with E-state index in [-0.39, 0.29) is 18.0 Å². The maximum atomic E-state index is 4.89. The van der Waals surface area contributed by atoms with E-state index in [1.807, 2.05) is 6.07 Å².